The molecule has 0 saturated carbocycles. The highest BCUT2D eigenvalue weighted by Crippen LogP contribution is 2.40. The molecule has 37 heavy (non-hydrogen) atoms. The van der Waals surface area contributed by atoms with E-state index >= 15 is 0 Å². The van der Waals surface area contributed by atoms with Gasteiger partial charge in [-0.25, -0.2) is 14.3 Å². The van der Waals surface area contributed by atoms with Gasteiger partial charge in [0.25, 0.3) is 17.7 Å². The molecular weight excluding hydrogens is 522 g/mol. The number of rotatable bonds is 8. The van der Waals surface area contributed by atoms with Crippen molar-refractivity contribution in [3.63, 3.8) is 0 Å². The van der Waals surface area contributed by atoms with Crippen LogP contribution in [0.2, 0.25) is 0 Å². The summed E-state index contributed by atoms with van der Waals surface area (Å²) in [6.45, 7) is 0.747. The quantitative estimate of drug-likeness (QED) is 0.141. The van der Waals surface area contributed by atoms with Crippen molar-refractivity contribution in [2.24, 2.45) is 5.16 Å². The number of anilines is 1. The number of pyridine rings is 1. The first-order chi connectivity index (χ1) is 17.8. The molecule has 2 aromatic rings. The minimum atomic E-state index is -1.21. The lowest BCUT2D eigenvalue weighted by Gasteiger charge is -2.49. The number of thioether (sulfide) groups is 1. The Labute approximate surface area is 218 Å². The number of aliphatic carboxylic acids is 1. The Morgan fingerprint density at radius 1 is 1.32 bits per heavy atom. The zero-order valence-electron chi connectivity index (χ0n) is 19.2. The number of carbonyl (C=O) groups is 4. The molecule has 0 bridgehead atoms. The number of carbonyl (C=O) groups excluding carboxylic acids is 3. The minimum absolute atomic E-state index is 0.0765. The summed E-state index contributed by atoms with van der Waals surface area (Å²) in [5.74, 6) is -2.49. The van der Waals surface area contributed by atoms with Crippen molar-refractivity contribution in [1.29, 1.82) is 0 Å². The van der Waals surface area contributed by atoms with Gasteiger partial charge in [-0.1, -0.05) is 11.2 Å². The van der Waals surface area contributed by atoms with Gasteiger partial charge in [0.15, 0.2) is 29.8 Å². The van der Waals surface area contributed by atoms with Crippen molar-refractivity contribution in [3.05, 3.63) is 52.9 Å². The molecule has 13 nitrogen and oxygen atoms in total. The Bertz CT molecular complexity index is 1330. The van der Waals surface area contributed by atoms with E-state index in [1.807, 2.05) is 35.2 Å². The third kappa shape index (κ3) is 4.86. The Kier molecular flexibility index (Phi) is 6.80. The predicted octanol–water partition coefficient (Wildman–Crippen LogP) is -0.939. The van der Waals surface area contributed by atoms with Crippen LogP contribution in [-0.2, 0) is 30.6 Å². The Morgan fingerprint density at radius 2 is 2.11 bits per heavy atom. The van der Waals surface area contributed by atoms with Crippen molar-refractivity contribution >= 4 is 57.6 Å². The Morgan fingerprint density at radius 3 is 2.76 bits per heavy atom. The van der Waals surface area contributed by atoms with Gasteiger partial charge in [0, 0.05) is 41.8 Å². The summed E-state index contributed by atoms with van der Waals surface area (Å²) in [6.07, 6.45) is 3.16. The number of carboxylic acids is 1. The number of nitrogens with one attached hydrogen (secondary N) is 2. The van der Waals surface area contributed by atoms with Gasteiger partial charge in [0.2, 0.25) is 6.10 Å². The first-order valence-corrected chi connectivity index (χ1v) is 13.1. The second-order valence-electron chi connectivity index (χ2n) is 8.35. The van der Waals surface area contributed by atoms with E-state index in [-0.39, 0.29) is 28.1 Å². The number of aromatic nitrogens is 2. The molecule has 2 aromatic heterocycles. The van der Waals surface area contributed by atoms with Crippen LogP contribution in [-0.4, -0.2) is 74.2 Å². The van der Waals surface area contributed by atoms with Crippen LogP contribution in [0.1, 0.15) is 12.1 Å². The number of carboxylic acid groups (broad SMARTS) is 1. The van der Waals surface area contributed by atoms with Crippen LogP contribution in [0, 0.1) is 0 Å². The molecule has 5 heterocycles. The molecule has 3 aliphatic rings. The van der Waals surface area contributed by atoms with Crippen LogP contribution in [0.4, 0.5) is 5.13 Å². The number of amides is 3. The molecule has 0 aliphatic carbocycles. The summed E-state index contributed by atoms with van der Waals surface area (Å²) in [7, 11) is 0. The molecule has 0 radical (unpaired) electrons. The molecule has 0 spiro atoms. The van der Waals surface area contributed by atoms with Crippen LogP contribution < -0.4 is 20.9 Å². The largest absolute Gasteiger partial charge is 0.477 e. The van der Waals surface area contributed by atoms with Gasteiger partial charge in [0.1, 0.15) is 22.8 Å². The van der Waals surface area contributed by atoms with Crippen LogP contribution in [0.15, 0.2) is 52.4 Å². The van der Waals surface area contributed by atoms with Crippen LogP contribution in [0.5, 0.6) is 0 Å². The molecule has 3 atom stereocenters. The molecule has 2 saturated heterocycles. The first kappa shape index (κ1) is 24.7. The lowest BCUT2D eigenvalue weighted by molar-refractivity contribution is -0.689. The van der Waals surface area contributed by atoms with Crippen LogP contribution in [0.25, 0.3) is 0 Å². The second kappa shape index (κ2) is 10.2. The number of thiazole rings is 1. The highest BCUT2D eigenvalue weighted by molar-refractivity contribution is 8.00. The van der Waals surface area contributed by atoms with Crippen molar-refractivity contribution in [1.82, 2.24) is 20.5 Å². The molecule has 3 amide bonds. The Hall–Kier alpha value is -3.98. The average molecular weight is 545 g/mol. The van der Waals surface area contributed by atoms with E-state index in [4.69, 9.17) is 10.6 Å². The van der Waals surface area contributed by atoms with E-state index in [9.17, 15) is 24.3 Å². The molecule has 3 aliphatic heterocycles. The van der Waals surface area contributed by atoms with Crippen molar-refractivity contribution < 1.29 is 33.7 Å². The molecule has 0 unspecified atom stereocenters. The van der Waals surface area contributed by atoms with E-state index in [1.165, 1.54) is 22.0 Å². The van der Waals surface area contributed by atoms with E-state index in [1.54, 1.807) is 0 Å². The van der Waals surface area contributed by atoms with Gasteiger partial charge in [-0.3, -0.25) is 19.3 Å². The summed E-state index contributed by atoms with van der Waals surface area (Å²) in [6, 6.07) is 4.54. The third-order valence-corrected chi connectivity index (χ3v) is 7.95. The van der Waals surface area contributed by atoms with Crippen LogP contribution >= 0.6 is 23.1 Å². The zero-order valence-corrected chi connectivity index (χ0v) is 20.8. The fourth-order valence-electron chi connectivity index (χ4n) is 4.16. The molecule has 192 valence electrons. The van der Waals surface area contributed by atoms with Crippen molar-refractivity contribution in [2.45, 2.75) is 30.5 Å². The summed E-state index contributed by atoms with van der Waals surface area (Å²) in [4.78, 5) is 60.7. The lowest BCUT2D eigenvalue weighted by atomic mass is 10.0. The second-order valence-corrected chi connectivity index (χ2v) is 10.3. The van der Waals surface area contributed by atoms with Crippen molar-refractivity contribution in [2.75, 3.05) is 18.0 Å². The summed E-state index contributed by atoms with van der Waals surface area (Å²) < 4.78 is 1.83. The first-order valence-electron chi connectivity index (χ1n) is 11.2. The Balaban J connectivity index is 1.34. The van der Waals surface area contributed by atoms with Gasteiger partial charge in [0.05, 0.1) is 0 Å². The van der Waals surface area contributed by atoms with Gasteiger partial charge >= 0.3 is 5.97 Å². The lowest BCUT2D eigenvalue weighted by Crippen LogP contribution is -2.71. The number of nitrogens with two attached hydrogens (primary N) is 1. The van der Waals surface area contributed by atoms with Gasteiger partial charge < -0.3 is 26.3 Å². The van der Waals surface area contributed by atoms with E-state index < -0.39 is 35.3 Å². The molecular formula is C22H22N7O6S2+. The number of fused-ring (bicyclic) bond motifs is 1. The highest BCUT2D eigenvalue weighted by atomic mass is 32.2. The van der Waals surface area contributed by atoms with Gasteiger partial charge in [-0.15, -0.1) is 23.1 Å². The van der Waals surface area contributed by atoms with Gasteiger partial charge in [-0.05, 0) is 0 Å². The number of β-lactam (4-membered cyclic amide) rings is 1. The zero-order chi connectivity index (χ0) is 26.1. The topological polar surface area (TPSA) is 180 Å². The smallest absolute Gasteiger partial charge is 0.352 e. The number of hydrogen-bond donors (Lipinski definition) is 4. The number of nitrogens with zero attached hydrogens (tertiary/aromatic N) is 4. The van der Waals surface area contributed by atoms with Crippen LogP contribution in [0.3, 0.4) is 0 Å². The maximum absolute atomic E-state index is 13.2. The fourth-order valence-corrected chi connectivity index (χ4v) is 6.05. The van der Waals surface area contributed by atoms with E-state index in [0.717, 1.165) is 11.3 Å². The average Bonchev–Trinajstić information content (AvgIpc) is 3.50. The molecule has 5 rings (SSSR count). The summed E-state index contributed by atoms with van der Waals surface area (Å²) >= 11 is 2.45. The highest BCUT2D eigenvalue weighted by Gasteiger charge is 2.54. The SMILES string of the molecule is Nc1nc(/C(=N\O[C@H]2CCNC2=O)C(=O)N[C@@H]2C(=O)N3C(C(=O)O)=C(C[n+]4ccccc4)CS[C@H]23)cs1. The van der Waals surface area contributed by atoms with E-state index in [0.29, 0.717) is 30.8 Å². The maximum Gasteiger partial charge on any atom is 0.352 e. The van der Waals surface area contributed by atoms with Gasteiger partial charge in [-0.2, -0.15) is 0 Å². The third-order valence-electron chi connectivity index (χ3n) is 5.94. The van der Waals surface area contributed by atoms with E-state index in [2.05, 4.69) is 20.8 Å². The fraction of sp³-hybridized carbons (Fsp3) is 0.318. The number of hydrogen-bond acceptors (Lipinski definition) is 10. The number of nitrogen functional groups attached to an aromatic ring is 1. The standard InChI is InChI=1S/C22H21N7O6S2/c23-22-25-12(10-37-22)14(27-35-13-4-5-24-17(13)30)18(31)26-15-19(32)29-16(21(33)34)11(9-36-20(15)29)8-28-6-2-1-3-7-28/h1-3,6-7,10,13,15,20H,4-5,8-9H2,(H4-,23,24,25,26,30,31,33,34)/p+1/b27-14+/t13-,15+,20+/m0/s1. The summed E-state index contributed by atoms with van der Waals surface area (Å²) in [5.41, 5.74) is 6.11. The van der Waals surface area contributed by atoms with Crippen molar-refractivity contribution in [3.8, 4) is 0 Å². The summed E-state index contributed by atoms with van der Waals surface area (Å²) in [5, 5.41) is 20.1. The minimum Gasteiger partial charge on any atom is -0.477 e. The maximum atomic E-state index is 13.2. The molecule has 15 heteroatoms. The normalized spacial score (nSPS) is 23.3. The monoisotopic (exact) mass is 544 g/mol. The number of oxime groups is 1. The molecule has 2 fully saturated rings. The predicted molar refractivity (Wildman–Crippen MR) is 132 cm³/mol. The molecule has 0 aromatic carbocycles. The molecule has 5 N–H and O–H groups in total.